The Bertz CT molecular complexity index is 950. The summed E-state index contributed by atoms with van der Waals surface area (Å²) in [6, 6.07) is 14.8. The Balaban J connectivity index is 1.53. The minimum Gasteiger partial charge on any atom is -0.368 e. The zero-order valence-corrected chi connectivity index (χ0v) is 16.7. The van der Waals surface area contributed by atoms with Gasteiger partial charge in [-0.05, 0) is 43.3 Å². The van der Waals surface area contributed by atoms with E-state index in [1.54, 1.807) is 24.3 Å². The highest BCUT2D eigenvalue weighted by molar-refractivity contribution is 7.99. The normalized spacial score (nSPS) is 10.5. The van der Waals surface area contributed by atoms with Gasteiger partial charge < -0.3 is 16.4 Å². The molecule has 0 bridgehead atoms. The monoisotopic (exact) mass is 414 g/mol. The van der Waals surface area contributed by atoms with Crippen LogP contribution in [0, 0.1) is 6.92 Å². The van der Waals surface area contributed by atoms with Crippen LogP contribution in [-0.2, 0) is 10.5 Å². The van der Waals surface area contributed by atoms with Gasteiger partial charge in [0.1, 0.15) is 5.82 Å². The zero-order valence-electron chi connectivity index (χ0n) is 15.1. The second kappa shape index (κ2) is 9.38. The van der Waals surface area contributed by atoms with Crippen molar-refractivity contribution in [1.82, 2.24) is 15.0 Å². The summed E-state index contributed by atoms with van der Waals surface area (Å²) in [7, 11) is 0. The molecule has 0 aliphatic carbocycles. The van der Waals surface area contributed by atoms with Gasteiger partial charge in [-0.3, -0.25) is 4.79 Å². The molecule has 1 heterocycles. The lowest BCUT2D eigenvalue weighted by Crippen LogP contribution is -2.14. The van der Waals surface area contributed by atoms with E-state index in [1.165, 1.54) is 11.8 Å². The zero-order chi connectivity index (χ0) is 19.9. The second-order valence-electron chi connectivity index (χ2n) is 5.97. The average molecular weight is 415 g/mol. The maximum atomic E-state index is 12.0. The molecule has 0 unspecified atom stereocenters. The number of nitrogen functional groups attached to an aromatic ring is 1. The number of nitrogens with zero attached hydrogens (tertiary/aromatic N) is 3. The lowest BCUT2D eigenvalue weighted by Gasteiger charge is -2.08. The van der Waals surface area contributed by atoms with E-state index in [0.29, 0.717) is 28.2 Å². The number of amides is 1. The fraction of sp³-hybridized carbons (Fsp3) is 0.158. The lowest BCUT2D eigenvalue weighted by molar-refractivity contribution is -0.113. The fourth-order valence-corrected chi connectivity index (χ4v) is 3.09. The molecule has 0 radical (unpaired) electrons. The van der Waals surface area contributed by atoms with E-state index in [-0.39, 0.29) is 17.6 Å². The van der Waals surface area contributed by atoms with Gasteiger partial charge in [-0.25, -0.2) is 0 Å². The highest BCUT2D eigenvalue weighted by atomic mass is 35.5. The molecule has 0 aliphatic heterocycles. The maximum Gasteiger partial charge on any atom is 0.234 e. The van der Waals surface area contributed by atoms with Crippen molar-refractivity contribution in [3.05, 3.63) is 64.9 Å². The number of thioether (sulfide) groups is 1. The molecule has 0 fully saturated rings. The minimum absolute atomic E-state index is 0.118. The molecule has 0 spiro atoms. The third-order valence-corrected chi connectivity index (χ3v) is 4.78. The van der Waals surface area contributed by atoms with Crippen molar-refractivity contribution < 1.29 is 4.79 Å². The van der Waals surface area contributed by atoms with E-state index in [9.17, 15) is 4.79 Å². The summed E-state index contributed by atoms with van der Waals surface area (Å²) < 4.78 is 0. The van der Waals surface area contributed by atoms with Crippen LogP contribution < -0.4 is 16.4 Å². The van der Waals surface area contributed by atoms with Gasteiger partial charge in [0.25, 0.3) is 0 Å². The molecule has 0 atom stereocenters. The van der Waals surface area contributed by atoms with Crippen molar-refractivity contribution in [2.24, 2.45) is 0 Å². The number of benzene rings is 2. The number of aryl methyl sites for hydroxylation is 1. The summed E-state index contributed by atoms with van der Waals surface area (Å²) in [6.07, 6.45) is 0. The average Bonchev–Trinajstić information content (AvgIpc) is 2.65. The number of nitrogens with one attached hydrogen (secondary N) is 2. The molecule has 1 aromatic heterocycles. The lowest BCUT2D eigenvalue weighted by atomic mass is 10.2. The quantitative estimate of drug-likeness (QED) is 0.535. The molecular formula is C19H19ClN6OS. The van der Waals surface area contributed by atoms with Crippen LogP contribution in [0.5, 0.6) is 0 Å². The predicted octanol–water partition coefficient (Wildman–Crippen LogP) is 4.03. The van der Waals surface area contributed by atoms with Crippen LogP contribution in [0.4, 0.5) is 23.3 Å². The number of anilines is 4. The standard InChI is InChI=1S/C19H19ClN6OS/c1-12-2-6-15(7-3-12)23-19-25-16(24-18(21)26-19)10-28-11-17(27)22-14-8-4-13(20)5-9-14/h2-9H,10-11H2,1H3,(H,22,27)(H3,21,23,24,25,26). The number of aromatic nitrogens is 3. The Hall–Kier alpha value is -2.84. The van der Waals surface area contributed by atoms with E-state index < -0.39 is 0 Å². The fourth-order valence-electron chi connectivity index (χ4n) is 2.29. The van der Waals surface area contributed by atoms with E-state index in [4.69, 9.17) is 17.3 Å². The number of carbonyl (C=O) groups is 1. The number of hydrogen-bond donors (Lipinski definition) is 3. The largest absolute Gasteiger partial charge is 0.368 e. The summed E-state index contributed by atoms with van der Waals surface area (Å²) in [6.45, 7) is 2.02. The maximum absolute atomic E-state index is 12.0. The van der Waals surface area contributed by atoms with Crippen molar-refractivity contribution in [2.45, 2.75) is 12.7 Å². The summed E-state index contributed by atoms with van der Waals surface area (Å²) >= 11 is 7.22. The molecule has 3 aromatic rings. The van der Waals surface area contributed by atoms with Crippen molar-refractivity contribution in [2.75, 3.05) is 22.1 Å². The van der Waals surface area contributed by atoms with Crippen LogP contribution in [0.1, 0.15) is 11.4 Å². The smallest absolute Gasteiger partial charge is 0.234 e. The second-order valence-corrected chi connectivity index (χ2v) is 7.39. The van der Waals surface area contributed by atoms with Crippen LogP contribution >= 0.6 is 23.4 Å². The summed E-state index contributed by atoms with van der Waals surface area (Å²) in [4.78, 5) is 24.6. The van der Waals surface area contributed by atoms with Gasteiger partial charge in [-0.15, -0.1) is 11.8 Å². The molecule has 7 nitrogen and oxygen atoms in total. The minimum atomic E-state index is -0.118. The Kier molecular flexibility index (Phi) is 6.67. The van der Waals surface area contributed by atoms with Gasteiger partial charge >= 0.3 is 0 Å². The highest BCUT2D eigenvalue weighted by Gasteiger charge is 2.08. The predicted molar refractivity (Wildman–Crippen MR) is 115 cm³/mol. The Morgan fingerprint density at radius 3 is 2.43 bits per heavy atom. The first-order valence-corrected chi connectivity index (χ1v) is 9.98. The Labute approximate surface area is 172 Å². The highest BCUT2D eigenvalue weighted by Crippen LogP contribution is 2.17. The molecule has 9 heteroatoms. The number of hydrogen-bond acceptors (Lipinski definition) is 7. The summed E-state index contributed by atoms with van der Waals surface area (Å²) in [5.74, 6) is 1.58. The van der Waals surface area contributed by atoms with Crippen LogP contribution in [-0.4, -0.2) is 26.6 Å². The van der Waals surface area contributed by atoms with Gasteiger partial charge in [0.15, 0.2) is 0 Å². The topological polar surface area (TPSA) is 106 Å². The summed E-state index contributed by atoms with van der Waals surface area (Å²) in [5.41, 5.74) is 8.50. The van der Waals surface area contributed by atoms with Crippen molar-refractivity contribution in [3.8, 4) is 0 Å². The van der Waals surface area contributed by atoms with E-state index in [0.717, 1.165) is 11.3 Å². The first-order valence-electron chi connectivity index (χ1n) is 8.45. The van der Waals surface area contributed by atoms with Gasteiger partial charge in [0.05, 0.1) is 11.5 Å². The SMILES string of the molecule is Cc1ccc(Nc2nc(N)nc(CSCC(=O)Nc3ccc(Cl)cc3)n2)cc1. The Morgan fingerprint density at radius 2 is 1.71 bits per heavy atom. The molecule has 3 rings (SSSR count). The molecule has 1 amide bonds. The molecule has 0 saturated carbocycles. The molecule has 0 saturated heterocycles. The van der Waals surface area contributed by atoms with Gasteiger partial charge in [-0.2, -0.15) is 15.0 Å². The molecule has 144 valence electrons. The van der Waals surface area contributed by atoms with Gasteiger partial charge in [0.2, 0.25) is 17.8 Å². The molecule has 0 aliphatic rings. The molecular weight excluding hydrogens is 396 g/mol. The van der Waals surface area contributed by atoms with Crippen LogP contribution in [0.15, 0.2) is 48.5 Å². The molecule has 28 heavy (non-hydrogen) atoms. The third-order valence-electron chi connectivity index (χ3n) is 3.60. The van der Waals surface area contributed by atoms with Crippen LogP contribution in [0.25, 0.3) is 0 Å². The first kappa shape index (κ1) is 19.9. The Morgan fingerprint density at radius 1 is 1.04 bits per heavy atom. The molecule has 2 aromatic carbocycles. The van der Waals surface area contributed by atoms with Gasteiger partial charge in [-0.1, -0.05) is 29.3 Å². The number of rotatable bonds is 7. The number of halogens is 1. The first-order chi connectivity index (χ1) is 13.5. The van der Waals surface area contributed by atoms with Crippen molar-refractivity contribution >= 4 is 52.5 Å². The van der Waals surface area contributed by atoms with Crippen molar-refractivity contribution in [3.63, 3.8) is 0 Å². The third kappa shape index (κ3) is 6.11. The van der Waals surface area contributed by atoms with E-state index in [2.05, 4.69) is 25.6 Å². The number of nitrogens with two attached hydrogens (primary N) is 1. The summed E-state index contributed by atoms with van der Waals surface area (Å²) in [5, 5.41) is 6.53. The molecule has 4 N–H and O–H groups in total. The van der Waals surface area contributed by atoms with Crippen LogP contribution in [0.3, 0.4) is 0 Å². The van der Waals surface area contributed by atoms with Crippen molar-refractivity contribution in [1.29, 1.82) is 0 Å². The van der Waals surface area contributed by atoms with Gasteiger partial charge in [0, 0.05) is 16.4 Å². The van der Waals surface area contributed by atoms with E-state index in [1.807, 2.05) is 31.2 Å². The van der Waals surface area contributed by atoms with Crippen LogP contribution in [0.2, 0.25) is 5.02 Å². The number of carbonyl (C=O) groups excluding carboxylic acids is 1. The van der Waals surface area contributed by atoms with E-state index >= 15 is 0 Å².